The first-order chi connectivity index (χ1) is 16.4. The van der Waals surface area contributed by atoms with Crippen molar-refractivity contribution in [1.82, 2.24) is 24.7 Å². The summed E-state index contributed by atoms with van der Waals surface area (Å²) in [5.74, 6) is 0.325. The lowest BCUT2D eigenvalue weighted by Crippen LogP contribution is -2.42. The van der Waals surface area contributed by atoms with Gasteiger partial charge in [-0.3, -0.25) is 24.2 Å². The minimum Gasteiger partial charge on any atom is -0.383 e. The van der Waals surface area contributed by atoms with Crippen molar-refractivity contribution in [3.8, 4) is 11.4 Å². The predicted molar refractivity (Wildman–Crippen MR) is 135 cm³/mol. The van der Waals surface area contributed by atoms with Gasteiger partial charge >= 0.3 is 5.69 Å². The summed E-state index contributed by atoms with van der Waals surface area (Å²) in [5, 5.41) is 7.54. The van der Waals surface area contributed by atoms with Gasteiger partial charge in [0.15, 0.2) is 11.5 Å². The Balaban J connectivity index is 1.80. The molecule has 182 valence electrons. The molecule has 0 radical (unpaired) electrons. The Bertz CT molecular complexity index is 1230. The van der Waals surface area contributed by atoms with Crippen molar-refractivity contribution in [1.29, 1.82) is 0 Å². The molecule has 0 atom stereocenters. The third-order valence-electron chi connectivity index (χ3n) is 5.39. The van der Waals surface area contributed by atoms with Crippen molar-refractivity contribution in [3.63, 3.8) is 0 Å². The van der Waals surface area contributed by atoms with Crippen molar-refractivity contribution >= 4 is 29.2 Å². The molecule has 0 spiro atoms. The third-order valence-corrected chi connectivity index (χ3v) is 6.22. The van der Waals surface area contributed by atoms with Crippen LogP contribution in [0.5, 0.6) is 0 Å². The highest BCUT2D eigenvalue weighted by Gasteiger charge is 2.24. The molecule has 2 aromatic heterocycles. The van der Waals surface area contributed by atoms with E-state index in [2.05, 4.69) is 27.1 Å². The van der Waals surface area contributed by atoms with Gasteiger partial charge in [-0.2, -0.15) is 0 Å². The summed E-state index contributed by atoms with van der Waals surface area (Å²) in [6.45, 7) is 6.65. The normalized spacial score (nSPS) is 11.0. The second-order valence-corrected chi connectivity index (χ2v) is 8.79. The van der Waals surface area contributed by atoms with Crippen LogP contribution in [0, 0.1) is 0 Å². The number of benzene rings is 1. The molecular weight excluding hydrogens is 454 g/mol. The first-order valence-electron chi connectivity index (χ1n) is 11.5. The Kier molecular flexibility index (Phi) is 8.69. The van der Waals surface area contributed by atoms with E-state index in [9.17, 15) is 14.4 Å². The quantitative estimate of drug-likeness (QED) is 0.354. The Morgan fingerprint density at radius 2 is 1.88 bits per heavy atom. The third kappa shape index (κ3) is 5.77. The molecule has 11 heteroatoms. The van der Waals surface area contributed by atoms with Gasteiger partial charge in [-0.1, -0.05) is 63.2 Å². The number of carbonyl (C=O) groups is 1. The molecule has 0 bridgehead atoms. The van der Waals surface area contributed by atoms with Crippen molar-refractivity contribution in [2.75, 3.05) is 22.9 Å². The summed E-state index contributed by atoms with van der Waals surface area (Å²) in [5.41, 5.74) is 7.10. The zero-order valence-electron chi connectivity index (χ0n) is 19.8. The highest BCUT2D eigenvalue weighted by atomic mass is 32.2. The number of H-pyrrole nitrogens is 2. The van der Waals surface area contributed by atoms with E-state index in [1.165, 1.54) is 26.8 Å². The van der Waals surface area contributed by atoms with Crippen LogP contribution in [0.3, 0.4) is 0 Å². The number of anilines is 2. The average Bonchev–Trinajstić information content (AvgIpc) is 3.31. The van der Waals surface area contributed by atoms with Gasteiger partial charge in [0.25, 0.3) is 5.56 Å². The highest BCUT2D eigenvalue weighted by Crippen LogP contribution is 2.23. The number of carbonyl (C=O) groups excluding carboxylic acids is 1. The average molecular weight is 486 g/mol. The number of thioether (sulfide) groups is 1. The van der Waals surface area contributed by atoms with Crippen LogP contribution in [0.2, 0.25) is 0 Å². The van der Waals surface area contributed by atoms with E-state index >= 15 is 0 Å². The largest absolute Gasteiger partial charge is 0.383 e. The van der Waals surface area contributed by atoms with Crippen LogP contribution in [0.4, 0.5) is 11.5 Å². The van der Waals surface area contributed by atoms with Gasteiger partial charge in [0.2, 0.25) is 11.1 Å². The lowest BCUT2D eigenvalue weighted by atomic mass is 10.1. The van der Waals surface area contributed by atoms with Gasteiger partial charge in [-0.25, -0.2) is 9.78 Å². The van der Waals surface area contributed by atoms with Gasteiger partial charge in [-0.05, 0) is 24.8 Å². The highest BCUT2D eigenvalue weighted by molar-refractivity contribution is 7.99. The van der Waals surface area contributed by atoms with E-state index in [1.807, 2.05) is 38.1 Å². The number of aromatic nitrogens is 5. The summed E-state index contributed by atoms with van der Waals surface area (Å²) in [6.07, 6.45) is 3.12. The van der Waals surface area contributed by atoms with Crippen molar-refractivity contribution in [3.05, 3.63) is 50.7 Å². The molecule has 3 rings (SSSR count). The molecule has 10 nitrogen and oxygen atoms in total. The summed E-state index contributed by atoms with van der Waals surface area (Å²) in [7, 11) is 0. The number of hydrogen-bond donors (Lipinski definition) is 3. The fourth-order valence-corrected chi connectivity index (χ4v) is 4.18. The van der Waals surface area contributed by atoms with E-state index < -0.39 is 11.2 Å². The Labute approximate surface area is 202 Å². The van der Waals surface area contributed by atoms with Crippen LogP contribution in [0.25, 0.3) is 11.4 Å². The van der Waals surface area contributed by atoms with Crippen LogP contribution in [0.1, 0.15) is 45.6 Å². The molecule has 3 aromatic rings. The van der Waals surface area contributed by atoms with Gasteiger partial charge < -0.3 is 10.6 Å². The van der Waals surface area contributed by atoms with Crippen LogP contribution in [-0.2, 0) is 17.8 Å². The first kappa shape index (κ1) is 25.3. The number of nitrogen functional groups attached to an aromatic ring is 1. The van der Waals surface area contributed by atoms with Gasteiger partial charge in [-0.15, -0.1) is 5.10 Å². The molecule has 0 fully saturated rings. The van der Waals surface area contributed by atoms with E-state index in [0.29, 0.717) is 36.9 Å². The number of rotatable bonds is 11. The molecule has 1 amide bonds. The van der Waals surface area contributed by atoms with Crippen LogP contribution in [0.15, 0.2) is 39.0 Å². The lowest BCUT2D eigenvalue weighted by molar-refractivity contribution is -0.116. The summed E-state index contributed by atoms with van der Waals surface area (Å²) >= 11 is 1.17. The second kappa shape index (κ2) is 11.7. The molecule has 1 aromatic carbocycles. The molecule has 0 aliphatic heterocycles. The number of aromatic amines is 2. The van der Waals surface area contributed by atoms with Crippen molar-refractivity contribution in [2.45, 2.75) is 58.2 Å². The van der Waals surface area contributed by atoms with Crippen LogP contribution >= 0.6 is 11.8 Å². The second-order valence-electron chi connectivity index (χ2n) is 7.85. The minimum atomic E-state index is -0.667. The number of nitrogens with one attached hydrogen (secondary N) is 2. The Morgan fingerprint density at radius 3 is 2.53 bits per heavy atom. The Hall–Kier alpha value is -3.34. The number of aryl methyl sites for hydroxylation is 1. The number of nitrogens with two attached hydrogens (primary N) is 1. The number of unbranched alkanes of at least 4 members (excludes halogenated alkanes) is 1. The number of nitrogens with zero attached hydrogens (tertiary/aromatic N) is 4. The predicted octanol–water partition coefficient (Wildman–Crippen LogP) is 2.80. The molecule has 0 unspecified atom stereocenters. The zero-order valence-corrected chi connectivity index (χ0v) is 20.6. The van der Waals surface area contributed by atoms with Crippen LogP contribution < -0.4 is 21.9 Å². The number of amides is 1. The molecule has 0 saturated carbocycles. The molecule has 2 heterocycles. The SMILES string of the molecule is CCCCN(C(=O)CSc1n[nH]c(-c2ccc(CC)cc2)n1)c1c(N)n(CCC)c(=O)[nH]c1=O. The van der Waals surface area contributed by atoms with E-state index in [-0.39, 0.29) is 23.2 Å². The van der Waals surface area contributed by atoms with Crippen LogP contribution in [-0.4, -0.2) is 42.9 Å². The van der Waals surface area contributed by atoms with Crippen molar-refractivity contribution < 1.29 is 4.79 Å². The van der Waals surface area contributed by atoms with Crippen molar-refractivity contribution in [2.24, 2.45) is 0 Å². The fraction of sp³-hybridized carbons (Fsp3) is 0.435. The molecule has 34 heavy (non-hydrogen) atoms. The standard InChI is InChI=1S/C23H31N7O3S/c1-4-7-13-29(18-19(24)30(12-5-2)23(33)26-21(18)32)17(31)14-34-22-25-20(27-28-22)16-10-8-15(6-3)9-11-16/h8-11H,4-7,12-14,24H2,1-3H3,(H,25,27,28)(H,26,32,33). The minimum absolute atomic E-state index is 0.000704. The topological polar surface area (TPSA) is 143 Å². The summed E-state index contributed by atoms with van der Waals surface area (Å²) < 4.78 is 1.29. The smallest absolute Gasteiger partial charge is 0.330 e. The molecule has 0 aliphatic carbocycles. The lowest BCUT2D eigenvalue weighted by Gasteiger charge is -2.24. The molecule has 0 aliphatic rings. The maximum absolute atomic E-state index is 13.2. The summed E-state index contributed by atoms with van der Waals surface area (Å²) in [6, 6.07) is 8.04. The van der Waals surface area contributed by atoms with E-state index in [4.69, 9.17) is 5.73 Å². The monoisotopic (exact) mass is 485 g/mol. The maximum Gasteiger partial charge on any atom is 0.330 e. The number of hydrogen-bond acceptors (Lipinski definition) is 7. The summed E-state index contributed by atoms with van der Waals surface area (Å²) in [4.78, 5) is 46.1. The molecular formula is C23H31N7O3S. The first-order valence-corrected chi connectivity index (χ1v) is 12.5. The van der Waals surface area contributed by atoms with Gasteiger partial charge in [0, 0.05) is 18.7 Å². The van der Waals surface area contributed by atoms with Gasteiger partial charge in [0.05, 0.1) is 5.75 Å². The van der Waals surface area contributed by atoms with E-state index in [0.717, 1.165) is 18.4 Å². The van der Waals surface area contributed by atoms with E-state index in [1.54, 1.807) is 0 Å². The maximum atomic E-state index is 13.2. The molecule has 4 N–H and O–H groups in total. The molecule has 0 saturated heterocycles. The van der Waals surface area contributed by atoms with Gasteiger partial charge in [0.1, 0.15) is 5.82 Å². The zero-order chi connectivity index (χ0) is 24.7. The Morgan fingerprint density at radius 1 is 1.15 bits per heavy atom. The fourth-order valence-electron chi connectivity index (χ4n) is 3.50.